The summed E-state index contributed by atoms with van der Waals surface area (Å²) in [6.07, 6.45) is 1.97. The Kier molecular flexibility index (Phi) is 4.33. The lowest BCUT2D eigenvalue weighted by Crippen LogP contribution is -2.19. The van der Waals surface area contributed by atoms with Gasteiger partial charge in [0.2, 0.25) is 0 Å². The van der Waals surface area contributed by atoms with Crippen molar-refractivity contribution in [3.63, 3.8) is 0 Å². The zero-order chi connectivity index (χ0) is 11.4. The van der Waals surface area contributed by atoms with Gasteiger partial charge >= 0.3 is 0 Å². The van der Waals surface area contributed by atoms with E-state index in [4.69, 9.17) is 0 Å². The number of aryl methyl sites for hydroxylation is 1. The zero-order valence-corrected chi connectivity index (χ0v) is 10.5. The number of rotatable bonds is 5. The van der Waals surface area contributed by atoms with E-state index in [0.29, 0.717) is 11.8 Å². The molecule has 0 aliphatic heterocycles. The number of nitrogens with one attached hydrogen (secondary N) is 1. The van der Waals surface area contributed by atoms with Crippen LogP contribution in [0.5, 0.6) is 0 Å². The highest BCUT2D eigenvalue weighted by molar-refractivity contribution is 5.20. The van der Waals surface area contributed by atoms with Crippen LogP contribution in [0.15, 0.2) is 6.20 Å². The standard InChI is InChI=1S/C12H23N3/c1-9(2)6-13-7-11-8-14-15(5)12(11)10(3)4/h8-10,13H,6-7H2,1-5H3. The summed E-state index contributed by atoms with van der Waals surface area (Å²) in [6.45, 7) is 10.9. The lowest BCUT2D eigenvalue weighted by molar-refractivity contribution is 0.548. The van der Waals surface area contributed by atoms with E-state index in [2.05, 4.69) is 38.1 Å². The molecule has 1 heterocycles. The monoisotopic (exact) mass is 209 g/mol. The number of nitrogens with zero attached hydrogens (tertiary/aromatic N) is 2. The van der Waals surface area contributed by atoms with Crippen molar-refractivity contribution in [1.82, 2.24) is 15.1 Å². The van der Waals surface area contributed by atoms with Crippen molar-refractivity contribution < 1.29 is 0 Å². The molecule has 15 heavy (non-hydrogen) atoms. The largest absolute Gasteiger partial charge is 0.312 e. The van der Waals surface area contributed by atoms with Crippen molar-refractivity contribution in [2.75, 3.05) is 6.54 Å². The van der Waals surface area contributed by atoms with Crippen LogP contribution >= 0.6 is 0 Å². The van der Waals surface area contributed by atoms with Gasteiger partial charge in [-0.25, -0.2) is 0 Å². The van der Waals surface area contributed by atoms with E-state index in [-0.39, 0.29) is 0 Å². The molecule has 86 valence electrons. The molecule has 0 saturated heterocycles. The van der Waals surface area contributed by atoms with Crippen molar-refractivity contribution in [3.8, 4) is 0 Å². The molecule has 0 spiro atoms. The SMILES string of the molecule is CC(C)CNCc1cnn(C)c1C(C)C. The van der Waals surface area contributed by atoms with E-state index in [1.54, 1.807) is 0 Å². The smallest absolute Gasteiger partial charge is 0.0537 e. The van der Waals surface area contributed by atoms with Crippen molar-refractivity contribution in [1.29, 1.82) is 0 Å². The Morgan fingerprint density at radius 3 is 2.53 bits per heavy atom. The average Bonchev–Trinajstić information content (AvgIpc) is 2.46. The summed E-state index contributed by atoms with van der Waals surface area (Å²) in [7, 11) is 2.02. The number of aromatic nitrogens is 2. The van der Waals surface area contributed by atoms with E-state index in [1.165, 1.54) is 11.3 Å². The van der Waals surface area contributed by atoms with Gasteiger partial charge in [-0.05, 0) is 18.4 Å². The Morgan fingerprint density at radius 1 is 1.33 bits per heavy atom. The maximum atomic E-state index is 4.31. The van der Waals surface area contributed by atoms with Crippen molar-refractivity contribution in [2.45, 2.75) is 40.2 Å². The van der Waals surface area contributed by atoms with Gasteiger partial charge in [0.1, 0.15) is 0 Å². The van der Waals surface area contributed by atoms with Crippen LogP contribution in [0.3, 0.4) is 0 Å². The molecule has 1 N–H and O–H groups in total. The predicted molar refractivity (Wildman–Crippen MR) is 63.8 cm³/mol. The first-order valence-electron chi connectivity index (χ1n) is 5.73. The van der Waals surface area contributed by atoms with E-state index in [0.717, 1.165) is 13.1 Å². The minimum Gasteiger partial charge on any atom is -0.312 e. The molecule has 3 heteroatoms. The fourth-order valence-corrected chi connectivity index (χ4v) is 1.87. The molecule has 0 saturated carbocycles. The maximum absolute atomic E-state index is 4.31. The van der Waals surface area contributed by atoms with Crippen LogP contribution in [0.1, 0.15) is 44.9 Å². The third-order valence-electron chi connectivity index (χ3n) is 2.48. The molecule has 0 aliphatic carbocycles. The summed E-state index contributed by atoms with van der Waals surface area (Å²) in [5.41, 5.74) is 2.67. The molecule has 0 aromatic carbocycles. The van der Waals surface area contributed by atoms with Gasteiger partial charge in [-0.15, -0.1) is 0 Å². The molecule has 0 aliphatic rings. The lowest BCUT2D eigenvalue weighted by atomic mass is 10.1. The molecule has 1 rings (SSSR count). The minimum atomic E-state index is 0.536. The Bertz CT molecular complexity index is 300. The van der Waals surface area contributed by atoms with Gasteiger partial charge in [-0.3, -0.25) is 4.68 Å². The molecule has 3 nitrogen and oxygen atoms in total. The van der Waals surface area contributed by atoms with E-state index < -0.39 is 0 Å². The lowest BCUT2D eigenvalue weighted by Gasteiger charge is -2.11. The van der Waals surface area contributed by atoms with Crippen LogP contribution in [-0.2, 0) is 13.6 Å². The van der Waals surface area contributed by atoms with Crippen LogP contribution in [0.25, 0.3) is 0 Å². The van der Waals surface area contributed by atoms with Crippen LogP contribution in [0, 0.1) is 5.92 Å². The first kappa shape index (κ1) is 12.2. The molecule has 0 bridgehead atoms. The van der Waals surface area contributed by atoms with Gasteiger partial charge in [0, 0.05) is 24.8 Å². The second kappa shape index (κ2) is 5.31. The van der Waals surface area contributed by atoms with Gasteiger partial charge in [-0.1, -0.05) is 27.7 Å². The molecule has 1 aromatic heterocycles. The summed E-state index contributed by atoms with van der Waals surface area (Å²) < 4.78 is 1.98. The summed E-state index contributed by atoms with van der Waals surface area (Å²) in [6, 6.07) is 0. The van der Waals surface area contributed by atoms with Gasteiger partial charge in [0.15, 0.2) is 0 Å². The third kappa shape index (κ3) is 3.34. The summed E-state index contributed by atoms with van der Waals surface area (Å²) >= 11 is 0. The average molecular weight is 209 g/mol. The molecule has 0 radical (unpaired) electrons. The Hall–Kier alpha value is -0.830. The van der Waals surface area contributed by atoms with Crippen LogP contribution in [0.2, 0.25) is 0 Å². The Labute approximate surface area is 92.9 Å². The predicted octanol–water partition coefficient (Wildman–Crippen LogP) is 2.29. The molecule has 0 unspecified atom stereocenters. The van der Waals surface area contributed by atoms with Crippen molar-refractivity contribution >= 4 is 0 Å². The van der Waals surface area contributed by atoms with Gasteiger partial charge in [0.25, 0.3) is 0 Å². The Morgan fingerprint density at radius 2 is 2.00 bits per heavy atom. The molecule has 0 atom stereocenters. The highest BCUT2D eigenvalue weighted by Gasteiger charge is 2.11. The molecular formula is C12H23N3. The highest BCUT2D eigenvalue weighted by Crippen LogP contribution is 2.18. The van der Waals surface area contributed by atoms with Crippen LogP contribution < -0.4 is 5.32 Å². The van der Waals surface area contributed by atoms with E-state index >= 15 is 0 Å². The van der Waals surface area contributed by atoms with Gasteiger partial charge in [-0.2, -0.15) is 5.10 Å². The van der Waals surface area contributed by atoms with E-state index in [1.807, 2.05) is 17.9 Å². The fourth-order valence-electron chi connectivity index (χ4n) is 1.87. The topological polar surface area (TPSA) is 29.9 Å². The first-order chi connectivity index (χ1) is 7.02. The zero-order valence-electron chi connectivity index (χ0n) is 10.5. The summed E-state index contributed by atoms with van der Waals surface area (Å²) in [5.74, 6) is 1.23. The van der Waals surface area contributed by atoms with Gasteiger partial charge in [0.05, 0.1) is 6.20 Å². The van der Waals surface area contributed by atoms with Crippen molar-refractivity contribution in [2.24, 2.45) is 13.0 Å². The summed E-state index contributed by atoms with van der Waals surface area (Å²) in [4.78, 5) is 0. The van der Waals surface area contributed by atoms with Crippen LogP contribution in [0.4, 0.5) is 0 Å². The second-order valence-corrected chi connectivity index (χ2v) is 4.86. The highest BCUT2D eigenvalue weighted by atomic mass is 15.3. The van der Waals surface area contributed by atoms with Crippen LogP contribution in [-0.4, -0.2) is 16.3 Å². The molecular weight excluding hydrogens is 186 g/mol. The van der Waals surface area contributed by atoms with Gasteiger partial charge < -0.3 is 5.32 Å². The maximum Gasteiger partial charge on any atom is 0.0537 e. The first-order valence-corrected chi connectivity index (χ1v) is 5.73. The summed E-state index contributed by atoms with van der Waals surface area (Å²) in [5, 5.41) is 7.77. The normalized spacial score (nSPS) is 11.7. The number of hydrogen-bond acceptors (Lipinski definition) is 2. The van der Waals surface area contributed by atoms with Crippen molar-refractivity contribution in [3.05, 3.63) is 17.5 Å². The third-order valence-corrected chi connectivity index (χ3v) is 2.48. The van der Waals surface area contributed by atoms with E-state index in [9.17, 15) is 0 Å². The Balaban J connectivity index is 2.61. The second-order valence-electron chi connectivity index (χ2n) is 4.86. The molecule has 0 fully saturated rings. The molecule has 1 aromatic rings. The quantitative estimate of drug-likeness (QED) is 0.806. The number of hydrogen-bond donors (Lipinski definition) is 1. The fraction of sp³-hybridized carbons (Fsp3) is 0.750. The molecule has 0 amide bonds. The minimum absolute atomic E-state index is 0.536.